The van der Waals surface area contributed by atoms with Crippen LogP contribution in [0.2, 0.25) is 0 Å². The van der Waals surface area contributed by atoms with Crippen LogP contribution in [-0.2, 0) is 47.6 Å². The number of hydrogen-bond donors (Lipinski definition) is 3. The Kier molecular flexibility index (Phi) is 23.4. The molecule has 0 aromatic carbocycles. The molecule has 0 radical (unpaired) electrons. The molecule has 0 aromatic rings. The standard InChI is InChI=1S/C54H87NO13/c1-33-17-13-12-14-18-34(2)46(63-9)31-42-22-20-39(7)54(62,68-42)52(60)40(8)55-24-16-15-19-43(55)53(61)67-47(36(4)29-41-21-23-45(66-26-25-56)48(30-41)64-10)32-44(57)35(3)28-38(6)50(59)51(65-11)49(58)37(5)27-33/h12-14,17-18,28,33,35-37,39-43,45-48,50-51,56,59,62H,15-16,19-27,29-32H2,1-11H3/b14-12+,17-13+,34-18+,38-28+/t33-,35-,36+,37-,39-,40?,41+,42+,43+,45-,46+,47+,48-,50-,51+,54-/m1/s1. The van der Waals surface area contributed by atoms with Gasteiger partial charge in [-0.2, -0.15) is 0 Å². The van der Waals surface area contributed by atoms with E-state index in [2.05, 4.69) is 0 Å². The van der Waals surface area contributed by atoms with Crippen molar-refractivity contribution in [2.45, 2.75) is 193 Å². The summed E-state index contributed by atoms with van der Waals surface area (Å²) in [5, 5.41) is 33.1. The van der Waals surface area contributed by atoms with Crippen LogP contribution < -0.4 is 0 Å². The summed E-state index contributed by atoms with van der Waals surface area (Å²) in [7, 11) is 4.69. The fraction of sp³-hybridized carbons (Fsp3) is 0.778. The maximum atomic E-state index is 14.6. The lowest BCUT2D eigenvalue weighted by Gasteiger charge is -2.45. The zero-order valence-corrected chi connectivity index (χ0v) is 43.1. The molecular weight excluding hydrogens is 871 g/mol. The van der Waals surface area contributed by atoms with Gasteiger partial charge in [-0.25, -0.2) is 0 Å². The fourth-order valence-corrected chi connectivity index (χ4v) is 10.9. The number of aliphatic hydroxyl groups is 3. The van der Waals surface area contributed by atoms with E-state index >= 15 is 0 Å². The molecular formula is C54H87NO13. The Labute approximate surface area is 407 Å². The zero-order chi connectivity index (χ0) is 50.3. The van der Waals surface area contributed by atoms with Crippen molar-refractivity contribution >= 4 is 23.3 Å². The average molecular weight is 958 g/mol. The number of carbonyl (C=O) groups is 4. The third-order valence-electron chi connectivity index (χ3n) is 15.4. The van der Waals surface area contributed by atoms with Crippen LogP contribution in [0.1, 0.15) is 132 Å². The first-order chi connectivity index (χ1) is 32.3. The Balaban J connectivity index is 1.69. The predicted molar refractivity (Wildman–Crippen MR) is 260 cm³/mol. The van der Waals surface area contributed by atoms with Crippen molar-refractivity contribution in [2.75, 3.05) is 41.1 Å². The van der Waals surface area contributed by atoms with Gasteiger partial charge >= 0.3 is 5.97 Å². The topological polar surface area (TPSA) is 188 Å². The van der Waals surface area contributed by atoms with Gasteiger partial charge in [0.2, 0.25) is 11.6 Å². The lowest BCUT2D eigenvalue weighted by Crippen LogP contribution is -2.61. The van der Waals surface area contributed by atoms with Gasteiger partial charge in [0.25, 0.3) is 0 Å². The second-order valence-corrected chi connectivity index (χ2v) is 20.6. The molecule has 16 atom stereocenters. The molecule has 1 aliphatic carbocycles. The number of allylic oxidation sites excluding steroid dienone is 6. The van der Waals surface area contributed by atoms with Gasteiger partial charge in [0, 0.05) is 51.9 Å². The molecule has 3 heterocycles. The first kappa shape index (κ1) is 57.7. The number of hydrogen-bond acceptors (Lipinski definition) is 14. The smallest absolute Gasteiger partial charge is 0.323 e. The summed E-state index contributed by atoms with van der Waals surface area (Å²) in [4.78, 5) is 59.0. The predicted octanol–water partition coefficient (Wildman–Crippen LogP) is 7.06. The minimum atomic E-state index is -2.08. The molecule has 4 aliphatic rings. The summed E-state index contributed by atoms with van der Waals surface area (Å²) in [5.41, 5.74) is 1.37. The number of ketones is 3. The van der Waals surface area contributed by atoms with E-state index in [9.17, 15) is 34.5 Å². The van der Waals surface area contributed by atoms with Crippen molar-refractivity contribution in [1.82, 2.24) is 4.90 Å². The third-order valence-corrected chi connectivity index (χ3v) is 15.4. The number of Topliss-reactive ketones (excluding diaryl/α,β-unsaturated/α-hetero) is 3. The van der Waals surface area contributed by atoms with Crippen LogP contribution in [0.15, 0.2) is 47.6 Å². The minimum absolute atomic E-state index is 0.0397. The van der Waals surface area contributed by atoms with Gasteiger partial charge in [0.1, 0.15) is 30.1 Å². The Morgan fingerprint density at radius 2 is 1.59 bits per heavy atom. The third kappa shape index (κ3) is 15.5. The van der Waals surface area contributed by atoms with E-state index in [4.69, 9.17) is 28.4 Å². The van der Waals surface area contributed by atoms with Crippen molar-refractivity contribution in [3.63, 3.8) is 0 Å². The molecule has 3 aliphatic heterocycles. The molecule has 0 spiro atoms. The fourth-order valence-electron chi connectivity index (χ4n) is 10.9. The summed E-state index contributed by atoms with van der Waals surface area (Å²) < 4.78 is 36.1. The molecule has 0 aromatic heterocycles. The number of cyclic esters (lactones) is 1. The molecule has 2 saturated heterocycles. The largest absolute Gasteiger partial charge is 0.460 e. The van der Waals surface area contributed by atoms with Crippen molar-refractivity contribution in [3.8, 4) is 0 Å². The van der Waals surface area contributed by atoms with Crippen molar-refractivity contribution < 1.29 is 62.9 Å². The van der Waals surface area contributed by atoms with E-state index in [0.717, 1.165) is 31.3 Å². The maximum Gasteiger partial charge on any atom is 0.323 e. The highest BCUT2D eigenvalue weighted by Gasteiger charge is 2.52. The quantitative estimate of drug-likeness (QED) is 0.158. The number of aliphatic hydroxyl groups excluding tert-OH is 2. The highest BCUT2D eigenvalue weighted by atomic mass is 16.6. The van der Waals surface area contributed by atoms with Crippen LogP contribution in [0.3, 0.4) is 0 Å². The number of fused-ring (bicyclic) bond motifs is 3. The van der Waals surface area contributed by atoms with Crippen LogP contribution in [0, 0.1) is 35.5 Å². The van der Waals surface area contributed by atoms with E-state index in [1.807, 2.05) is 69.9 Å². The molecule has 1 unspecified atom stereocenters. The maximum absolute atomic E-state index is 14.6. The zero-order valence-electron chi connectivity index (χ0n) is 43.1. The number of ether oxygens (including phenoxy) is 6. The first-order valence-electron chi connectivity index (χ1n) is 25.5. The van der Waals surface area contributed by atoms with Gasteiger partial charge in [0.05, 0.1) is 43.7 Å². The summed E-state index contributed by atoms with van der Waals surface area (Å²) in [6.07, 6.45) is 14.0. The summed E-state index contributed by atoms with van der Waals surface area (Å²) in [5.74, 6) is -5.17. The molecule has 3 N–H and O–H groups in total. The van der Waals surface area contributed by atoms with Crippen LogP contribution in [0.5, 0.6) is 0 Å². The van der Waals surface area contributed by atoms with E-state index < -0.39 is 71.8 Å². The summed E-state index contributed by atoms with van der Waals surface area (Å²) >= 11 is 0. The Hall–Kier alpha value is -2.92. The Bertz CT molecular complexity index is 1760. The van der Waals surface area contributed by atoms with E-state index in [1.165, 1.54) is 7.11 Å². The molecule has 14 nitrogen and oxygen atoms in total. The second-order valence-electron chi connectivity index (χ2n) is 20.6. The monoisotopic (exact) mass is 958 g/mol. The highest BCUT2D eigenvalue weighted by molar-refractivity contribution is 5.91. The number of carbonyl (C=O) groups excluding carboxylic acids is 4. The van der Waals surface area contributed by atoms with Crippen LogP contribution >= 0.6 is 0 Å². The van der Waals surface area contributed by atoms with Gasteiger partial charge in [-0.15, -0.1) is 0 Å². The summed E-state index contributed by atoms with van der Waals surface area (Å²) in [6.45, 7) is 15.4. The van der Waals surface area contributed by atoms with Gasteiger partial charge in [-0.1, -0.05) is 77.5 Å². The molecule has 1 saturated carbocycles. The number of piperidine rings is 1. The number of nitrogens with zero attached hydrogens (tertiary/aromatic N) is 1. The average Bonchev–Trinajstić information content (AvgIpc) is 3.32. The van der Waals surface area contributed by atoms with Crippen LogP contribution in [-0.4, -0.2) is 145 Å². The van der Waals surface area contributed by atoms with Gasteiger partial charge in [0.15, 0.2) is 5.78 Å². The number of rotatable bonds is 9. The van der Waals surface area contributed by atoms with Gasteiger partial charge in [-0.05, 0) is 114 Å². The Morgan fingerprint density at radius 3 is 2.26 bits per heavy atom. The second kappa shape index (κ2) is 27.6. The normalized spacial score (nSPS) is 40.5. The van der Waals surface area contributed by atoms with Crippen molar-refractivity contribution in [1.29, 1.82) is 0 Å². The van der Waals surface area contributed by atoms with Crippen LogP contribution in [0.25, 0.3) is 0 Å². The molecule has 386 valence electrons. The van der Waals surface area contributed by atoms with Crippen molar-refractivity contribution in [3.05, 3.63) is 47.6 Å². The van der Waals surface area contributed by atoms with E-state index in [0.29, 0.717) is 57.1 Å². The lowest BCUT2D eigenvalue weighted by molar-refractivity contribution is -0.269. The Morgan fingerprint density at radius 1 is 0.853 bits per heavy atom. The number of methoxy groups -OCH3 is 3. The minimum Gasteiger partial charge on any atom is -0.460 e. The van der Waals surface area contributed by atoms with E-state index in [-0.39, 0.29) is 67.3 Å². The molecule has 14 heteroatoms. The van der Waals surface area contributed by atoms with Crippen molar-refractivity contribution in [2.24, 2.45) is 35.5 Å². The first-order valence-corrected chi connectivity index (χ1v) is 25.5. The van der Waals surface area contributed by atoms with Gasteiger partial charge < -0.3 is 43.7 Å². The number of esters is 1. The molecule has 68 heavy (non-hydrogen) atoms. The molecule has 3 fully saturated rings. The highest BCUT2D eigenvalue weighted by Crippen LogP contribution is 2.39. The molecule has 2 bridgehead atoms. The molecule has 0 amide bonds. The van der Waals surface area contributed by atoms with Gasteiger partial charge in [-0.3, -0.25) is 24.1 Å². The van der Waals surface area contributed by atoms with Crippen LogP contribution in [0.4, 0.5) is 0 Å². The van der Waals surface area contributed by atoms with E-state index in [1.54, 1.807) is 41.1 Å². The summed E-state index contributed by atoms with van der Waals surface area (Å²) in [6, 6.07) is -1.68. The molecule has 4 rings (SSSR count). The SMILES string of the molecule is CO[C@H]1C[C@@H]2CC[C@@H](C)[C@@](O)(O2)C(=O)C(C)N2CCCC[C@H]2C(=O)O[C@H]([C@@H](C)C[C@@H]2CC[C@@H](OCCO)[C@H](OC)C2)CC(=O)[C@H](C)/C=C(\C)[C@@H](O)[C@@H](OC)C(=O)[C@H](C)C[C@H](C)/C=C/C=C/C=C/1C. The lowest BCUT2D eigenvalue weighted by atomic mass is 9.78.